The van der Waals surface area contributed by atoms with Crippen LogP contribution in [-0.2, 0) is 30.7 Å². The predicted molar refractivity (Wildman–Crippen MR) is 81.5 cm³/mol. The molecule has 2 aliphatic heterocycles. The van der Waals surface area contributed by atoms with Crippen LogP contribution in [0.4, 0.5) is 0 Å². The Bertz CT molecular complexity index is 733. The Morgan fingerprint density at radius 2 is 2.26 bits per heavy atom. The number of fused-ring (bicyclic) bond motifs is 2. The molecule has 1 unspecified atom stereocenters. The van der Waals surface area contributed by atoms with Gasteiger partial charge in [-0.1, -0.05) is 13.8 Å². The van der Waals surface area contributed by atoms with E-state index in [2.05, 4.69) is 28.9 Å². The van der Waals surface area contributed by atoms with Crippen molar-refractivity contribution in [2.75, 3.05) is 6.54 Å². The van der Waals surface area contributed by atoms with Crippen molar-refractivity contribution >= 4 is 5.91 Å². The molecular formula is C16H21N5O2. The molecule has 0 N–H and O–H groups in total. The first-order chi connectivity index (χ1) is 11.1. The summed E-state index contributed by atoms with van der Waals surface area (Å²) in [5, 5.41) is 4.17. The van der Waals surface area contributed by atoms with Gasteiger partial charge in [0.2, 0.25) is 5.91 Å². The first-order valence-electron chi connectivity index (χ1n) is 8.25. The van der Waals surface area contributed by atoms with E-state index in [1.807, 2.05) is 9.58 Å². The molecule has 2 aliphatic rings. The first kappa shape index (κ1) is 14.4. The molecule has 0 spiro atoms. The van der Waals surface area contributed by atoms with Gasteiger partial charge in [-0.2, -0.15) is 5.10 Å². The van der Waals surface area contributed by atoms with Crippen molar-refractivity contribution in [2.24, 2.45) is 5.92 Å². The average molecular weight is 315 g/mol. The summed E-state index contributed by atoms with van der Waals surface area (Å²) >= 11 is 0. The monoisotopic (exact) mass is 315 g/mol. The number of hydrogen-bond acceptors (Lipinski definition) is 5. The number of nitrogens with zero attached hydrogens (tertiary/aromatic N) is 5. The van der Waals surface area contributed by atoms with Gasteiger partial charge >= 0.3 is 0 Å². The SMILES string of the molecule is CC(C)c1nc2c(o1)CCN(C(=O)C1CCn3ncnc3C1)C2. The largest absolute Gasteiger partial charge is 0.445 e. The van der Waals surface area contributed by atoms with E-state index in [0.717, 1.165) is 42.6 Å². The normalized spacial score (nSPS) is 20.5. The Morgan fingerprint density at radius 3 is 3.09 bits per heavy atom. The molecule has 4 rings (SSSR count). The van der Waals surface area contributed by atoms with Crippen LogP contribution in [0, 0.1) is 5.92 Å². The molecule has 0 saturated heterocycles. The highest BCUT2D eigenvalue weighted by molar-refractivity contribution is 5.79. The number of hydrogen-bond donors (Lipinski definition) is 0. The average Bonchev–Trinajstić information content (AvgIpc) is 3.19. The third-order valence-corrected chi connectivity index (χ3v) is 4.71. The minimum absolute atomic E-state index is 0.00437. The van der Waals surface area contributed by atoms with Crippen LogP contribution in [0.15, 0.2) is 10.7 Å². The zero-order valence-electron chi connectivity index (χ0n) is 13.5. The van der Waals surface area contributed by atoms with Gasteiger partial charge in [0.1, 0.15) is 23.6 Å². The number of carbonyl (C=O) groups is 1. The molecule has 0 fully saturated rings. The minimum atomic E-state index is 0.00437. The fourth-order valence-corrected chi connectivity index (χ4v) is 3.36. The molecule has 0 aromatic carbocycles. The lowest BCUT2D eigenvalue weighted by Crippen LogP contribution is -2.42. The highest BCUT2D eigenvalue weighted by Crippen LogP contribution is 2.26. The third kappa shape index (κ3) is 2.54. The second-order valence-electron chi connectivity index (χ2n) is 6.68. The van der Waals surface area contributed by atoms with E-state index in [1.54, 1.807) is 6.33 Å². The topological polar surface area (TPSA) is 77.0 Å². The summed E-state index contributed by atoms with van der Waals surface area (Å²) in [6.07, 6.45) is 3.83. The van der Waals surface area contributed by atoms with Crippen LogP contribution in [0.2, 0.25) is 0 Å². The lowest BCUT2D eigenvalue weighted by molar-refractivity contribution is -0.137. The van der Waals surface area contributed by atoms with Crippen LogP contribution < -0.4 is 0 Å². The van der Waals surface area contributed by atoms with Crippen LogP contribution in [0.5, 0.6) is 0 Å². The quantitative estimate of drug-likeness (QED) is 0.840. The summed E-state index contributed by atoms with van der Waals surface area (Å²) in [5.41, 5.74) is 0.923. The van der Waals surface area contributed by atoms with Gasteiger partial charge in [0.25, 0.3) is 0 Å². The molecule has 0 bridgehead atoms. The number of carbonyl (C=O) groups excluding carboxylic acids is 1. The van der Waals surface area contributed by atoms with Gasteiger partial charge in [0.15, 0.2) is 5.89 Å². The van der Waals surface area contributed by atoms with Crippen molar-refractivity contribution < 1.29 is 9.21 Å². The number of amides is 1. The minimum Gasteiger partial charge on any atom is -0.445 e. The Hall–Kier alpha value is -2.18. The number of aryl methyl sites for hydroxylation is 1. The summed E-state index contributed by atoms with van der Waals surface area (Å²) in [5.74, 6) is 3.12. The van der Waals surface area contributed by atoms with E-state index >= 15 is 0 Å². The molecule has 2 aromatic heterocycles. The van der Waals surface area contributed by atoms with Crippen LogP contribution in [0.3, 0.4) is 0 Å². The van der Waals surface area contributed by atoms with Crippen molar-refractivity contribution in [1.82, 2.24) is 24.6 Å². The zero-order chi connectivity index (χ0) is 16.0. The van der Waals surface area contributed by atoms with E-state index < -0.39 is 0 Å². The second kappa shape index (κ2) is 5.47. The first-order valence-corrected chi connectivity index (χ1v) is 8.25. The maximum absolute atomic E-state index is 12.8. The van der Waals surface area contributed by atoms with Crippen LogP contribution in [0.25, 0.3) is 0 Å². The van der Waals surface area contributed by atoms with Crippen molar-refractivity contribution in [3.05, 3.63) is 29.5 Å². The van der Waals surface area contributed by atoms with Crippen molar-refractivity contribution in [1.29, 1.82) is 0 Å². The fraction of sp³-hybridized carbons (Fsp3) is 0.625. The second-order valence-corrected chi connectivity index (χ2v) is 6.68. The van der Waals surface area contributed by atoms with Crippen LogP contribution >= 0.6 is 0 Å². The van der Waals surface area contributed by atoms with Crippen LogP contribution in [-0.4, -0.2) is 37.1 Å². The van der Waals surface area contributed by atoms with Crippen molar-refractivity contribution in [3.63, 3.8) is 0 Å². The molecule has 7 nitrogen and oxygen atoms in total. The predicted octanol–water partition coefficient (Wildman–Crippen LogP) is 1.54. The molecule has 2 aromatic rings. The Labute approximate surface area is 134 Å². The molecule has 1 atom stereocenters. The number of rotatable bonds is 2. The van der Waals surface area contributed by atoms with Crippen molar-refractivity contribution in [2.45, 2.75) is 52.1 Å². The molecule has 4 heterocycles. The smallest absolute Gasteiger partial charge is 0.226 e. The number of oxazole rings is 1. The van der Waals surface area contributed by atoms with Crippen molar-refractivity contribution in [3.8, 4) is 0 Å². The summed E-state index contributed by atoms with van der Waals surface area (Å²) in [6.45, 7) is 6.18. The molecule has 122 valence electrons. The van der Waals surface area contributed by atoms with E-state index in [-0.39, 0.29) is 17.7 Å². The molecule has 7 heteroatoms. The van der Waals surface area contributed by atoms with Gasteiger partial charge in [-0.05, 0) is 6.42 Å². The summed E-state index contributed by atoms with van der Waals surface area (Å²) in [4.78, 5) is 23.6. The molecule has 0 saturated carbocycles. The highest BCUT2D eigenvalue weighted by atomic mass is 16.4. The van der Waals surface area contributed by atoms with Gasteiger partial charge in [0, 0.05) is 37.8 Å². The summed E-state index contributed by atoms with van der Waals surface area (Å²) in [7, 11) is 0. The third-order valence-electron chi connectivity index (χ3n) is 4.71. The van der Waals surface area contributed by atoms with Crippen LogP contribution in [0.1, 0.15) is 49.4 Å². The summed E-state index contributed by atoms with van der Waals surface area (Å²) < 4.78 is 7.70. The van der Waals surface area contributed by atoms with Gasteiger partial charge < -0.3 is 9.32 Å². The van der Waals surface area contributed by atoms with E-state index in [0.29, 0.717) is 19.5 Å². The van der Waals surface area contributed by atoms with Gasteiger partial charge in [-0.3, -0.25) is 9.48 Å². The van der Waals surface area contributed by atoms with Gasteiger partial charge in [0.05, 0.1) is 6.54 Å². The molecule has 0 radical (unpaired) electrons. The highest BCUT2D eigenvalue weighted by Gasteiger charge is 2.32. The van der Waals surface area contributed by atoms with E-state index in [4.69, 9.17) is 4.42 Å². The maximum Gasteiger partial charge on any atom is 0.226 e. The molecule has 1 amide bonds. The lowest BCUT2D eigenvalue weighted by atomic mass is 9.95. The maximum atomic E-state index is 12.8. The zero-order valence-corrected chi connectivity index (χ0v) is 13.5. The van der Waals surface area contributed by atoms with Gasteiger partial charge in [-0.25, -0.2) is 9.97 Å². The molecular weight excluding hydrogens is 294 g/mol. The summed E-state index contributed by atoms with van der Waals surface area (Å²) in [6, 6.07) is 0. The number of aromatic nitrogens is 4. The lowest BCUT2D eigenvalue weighted by Gasteiger charge is -2.30. The fourth-order valence-electron chi connectivity index (χ4n) is 3.36. The van der Waals surface area contributed by atoms with E-state index in [1.165, 1.54) is 0 Å². The molecule has 0 aliphatic carbocycles. The standard InChI is InChI=1S/C16H21N5O2/c1-10(2)15-19-12-8-20(5-4-13(12)23-15)16(22)11-3-6-21-14(7-11)17-9-18-21/h9-11H,3-8H2,1-2H3. The Balaban J connectivity index is 1.48. The Kier molecular flexibility index (Phi) is 3.43. The van der Waals surface area contributed by atoms with Gasteiger partial charge in [-0.15, -0.1) is 0 Å². The Morgan fingerprint density at radius 1 is 1.39 bits per heavy atom. The molecule has 23 heavy (non-hydrogen) atoms. The van der Waals surface area contributed by atoms with E-state index in [9.17, 15) is 4.79 Å².